The van der Waals surface area contributed by atoms with Gasteiger partial charge in [-0.05, 0) is 31.5 Å². The largest absolute Gasteiger partial charge is 0.296 e. The fourth-order valence-corrected chi connectivity index (χ4v) is 4.63. The molecule has 0 saturated heterocycles. The summed E-state index contributed by atoms with van der Waals surface area (Å²) in [6.07, 6.45) is 2.63. The molecule has 3 aromatic heterocycles. The summed E-state index contributed by atoms with van der Waals surface area (Å²) in [6.45, 7) is 4.05. The number of pyridine rings is 1. The van der Waals surface area contributed by atoms with Crippen molar-refractivity contribution in [3.63, 3.8) is 0 Å². The highest BCUT2D eigenvalue weighted by atomic mass is 32.2. The number of benzene rings is 1. The van der Waals surface area contributed by atoms with Crippen LogP contribution in [-0.2, 0) is 9.84 Å². The molecule has 4 rings (SSSR count). The third-order valence-electron chi connectivity index (χ3n) is 4.45. The second-order valence-electron chi connectivity index (χ2n) is 6.78. The van der Waals surface area contributed by atoms with Gasteiger partial charge in [0.05, 0.1) is 11.2 Å². The highest BCUT2D eigenvalue weighted by Crippen LogP contribution is 2.28. The third kappa shape index (κ3) is 3.66. The van der Waals surface area contributed by atoms with Crippen LogP contribution in [0.3, 0.4) is 0 Å². The van der Waals surface area contributed by atoms with Gasteiger partial charge >= 0.3 is 0 Å². The van der Waals surface area contributed by atoms with Crippen molar-refractivity contribution in [2.45, 2.75) is 19.0 Å². The van der Waals surface area contributed by atoms with Gasteiger partial charge in [0.2, 0.25) is 15.0 Å². The number of hydrogen-bond donors (Lipinski definition) is 1. The van der Waals surface area contributed by atoms with E-state index in [2.05, 4.69) is 21.4 Å². The first-order valence-corrected chi connectivity index (χ1v) is 11.5. The zero-order valence-corrected chi connectivity index (χ0v) is 17.6. The minimum atomic E-state index is -3.60. The number of fused-ring (bicyclic) bond motifs is 1. The van der Waals surface area contributed by atoms with Crippen LogP contribution in [0.15, 0.2) is 53.1 Å². The lowest BCUT2D eigenvalue weighted by Gasteiger charge is -2.03. The van der Waals surface area contributed by atoms with Gasteiger partial charge < -0.3 is 0 Å². The summed E-state index contributed by atoms with van der Waals surface area (Å²) in [5.74, 6) is -0.509. The normalized spacial score (nSPS) is 11.7. The second-order valence-corrected chi connectivity index (χ2v) is 9.55. The summed E-state index contributed by atoms with van der Waals surface area (Å²) in [6, 6.07) is 11.2. The predicted molar refractivity (Wildman–Crippen MR) is 113 cm³/mol. The van der Waals surface area contributed by atoms with Gasteiger partial charge in [0.1, 0.15) is 0 Å². The molecule has 0 spiro atoms. The summed E-state index contributed by atoms with van der Waals surface area (Å²) in [7, 11) is -3.60. The van der Waals surface area contributed by atoms with Crippen LogP contribution in [0.25, 0.3) is 16.8 Å². The number of thiazole rings is 1. The number of aryl methyl sites for hydroxylation is 2. The number of anilines is 1. The Balaban J connectivity index is 1.67. The van der Waals surface area contributed by atoms with Crippen molar-refractivity contribution in [3.8, 4) is 11.3 Å². The number of imidazole rings is 1. The molecule has 1 N–H and O–H groups in total. The Morgan fingerprint density at radius 1 is 1.14 bits per heavy atom. The monoisotopic (exact) mass is 426 g/mol. The number of carbonyl (C=O) groups is 1. The fourth-order valence-electron chi connectivity index (χ4n) is 3.15. The number of aromatic nitrogens is 3. The lowest BCUT2D eigenvalue weighted by molar-refractivity contribution is 0.102. The molecule has 0 radical (unpaired) electrons. The van der Waals surface area contributed by atoms with Gasteiger partial charge in [0, 0.05) is 23.4 Å². The molecule has 7 nitrogen and oxygen atoms in total. The topological polar surface area (TPSA) is 93.4 Å². The summed E-state index contributed by atoms with van der Waals surface area (Å²) in [5, 5.41) is 4.86. The molecule has 0 bridgehead atoms. The molecule has 29 heavy (non-hydrogen) atoms. The van der Waals surface area contributed by atoms with Crippen molar-refractivity contribution in [1.82, 2.24) is 14.4 Å². The molecule has 1 amide bonds. The standard InChI is InChI=1S/C20H18N4O3S2/c1-12-7-8-14(13(2)10-12)15-11-28-19(21-15)23-18(25)17-16-6-4-5-9-24(16)20(22-17)29(3,26)27/h4-11H,1-3H3,(H,21,23,25). The van der Waals surface area contributed by atoms with Crippen LogP contribution >= 0.6 is 11.3 Å². The number of nitrogens with zero attached hydrogens (tertiary/aromatic N) is 3. The summed E-state index contributed by atoms with van der Waals surface area (Å²) < 4.78 is 25.5. The van der Waals surface area contributed by atoms with Crippen LogP contribution < -0.4 is 5.32 Å². The number of nitrogens with one attached hydrogen (secondary N) is 1. The van der Waals surface area contributed by atoms with Crippen molar-refractivity contribution in [2.24, 2.45) is 0 Å². The molecule has 3 heterocycles. The van der Waals surface area contributed by atoms with E-state index in [1.165, 1.54) is 21.3 Å². The first-order chi connectivity index (χ1) is 13.7. The SMILES string of the molecule is Cc1ccc(-c2csc(NC(=O)c3nc(S(C)(=O)=O)n4ccccc34)n2)c(C)c1. The number of hydrogen-bond acceptors (Lipinski definition) is 6. The van der Waals surface area contributed by atoms with Crippen molar-refractivity contribution in [2.75, 3.05) is 11.6 Å². The average Bonchev–Trinajstić information content (AvgIpc) is 3.26. The number of carbonyl (C=O) groups excluding carboxylic acids is 1. The first-order valence-electron chi connectivity index (χ1n) is 8.75. The zero-order chi connectivity index (χ0) is 20.8. The van der Waals surface area contributed by atoms with Gasteiger partial charge in [-0.1, -0.05) is 29.8 Å². The van der Waals surface area contributed by atoms with E-state index in [1.807, 2.05) is 31.4 Å². The smallest absolute Gasteiger partial charge is 0.278 e. The Bertz CT molecular complexity index is 1350. The Morgan fingerprint density at radius 3 is 2.66 bits per heavy atom. The quantitative estimate of drug-likeness (QED) is 0.537. The lowest BCUT2D eigenvalue weighted by Crippen LogP contribution is -2.13. The molecule has 148 valence electrons. The maximum atomic E-state index is 12.8. The van der Waals surface area contributed by atoms with E-state index < -0.39 is 15.7 Å². The Hall–Kier alpha value is -3.04. The van der Waals surface area contributed by atoms with Gasteiger partial charge in [-0.2, -0.15) is 0 Å². The second kappa shape index (κ2) is 7.09. The van der Waals surface area contributed by atoms with Crippen LogP contribution in [0, 0.1) is 13.8 Å². The Morgan fingerprint density at radius 2 is 1.93 bits per heavy atom. The van der Waals surface area contributed by atoms with Crippen molar-refractivity contribution in [3.05, 3.63) is 64.8 Å². The molecule has 9 heteroatoms. The van der Waals surface area contributed by atoms with E-state index in [1.54, 1.807) is 24.4 Å². The van der Waals surface area contributed by atoms with E-state index >= 15 is 0 Å². The molecule has 0 unspecified atom stereocenters. The van der Waals surface area contributed by atoms with Crippen LogP contribution in [0.4, 0.5) is 5.13 Å². The summed E-state index contributed by atoms with van der Waals surface area (Å²) in [5.41, 5.74) is 4.49. The van der Waals surface area contributed by atoms with E-state index in [4.69, 9.17) is 0 Å². The van der Waals surface area contributed by atoms with Crippen molar-refractivity contribution in [1.29, 1.82) is 0 Å². The highest BCUT2D eigenvalue weighted by Gasteiger charge is 2.23. The van der Waals surface area contributed by atoms with Crippen LogP contribution in [0.5, 0.6) is 0 Å². The molecular weight excluding hydrogens is 408 g/mol. The van der Waals surface area contributed by atoms with Crippen LogP contribution in [-0.4, -0.2) is 34.9 Å². The molecule has 0 aliphatic rings. The molecular formula is C20H18N4O3S2. The van der Waals surface area contributed by atoms with E-state index in [9.17, 15) is 13.2 Å². The predicted octanol–water partition coefficient (Wildman–Crippen LogP) is 3.73. The third-order valence-corrected chi connectivity index (χ3v) is 6.15. The summed E-state index contributed by atoms with van der Waals surface area (Å²) >= 11 is 1.30. The first kappa shape index (κ1) is 19.3. The molecule has 0 aliphatic heterocycles. The van der Waals surface area contributed by atoms with Gasteiger partial charge in [-0.15, -0.1) is 11.3 Å². The lowest BCUT2D eigenvalue weighted by atomic mass is 10.0. The van der Waals surface area contributed by atoms with Crippen LogP contribution in [0.2, 0.25) is 0 Å². The zero-order valence-electron chi connectivity index (χ0n) is 16.0. The highest BCUT2D eigenvalue weighted by molar-refractivity contribution is 7.90. The van der Waals surface area contributed by atoms with E-state index in [0.29, 0.717) is 10.6 Å². The molecule has 0 aliphatic carbocycles. The van der Waals surface area contributed by atoms with Gasteiger partial charge in [-0.3, -0.25) is 14.5 Å². The van der Waals surface area contributed by atoms with Crippen molar-refractivity contribution < 1.29 is 13.2 Å². The molecule has 1 aromatic carbocycles. The minimum Gasteiger partial charge on any atom is -0.296 e. The van der Waals surface area contributed by atoms with E-state index in [0.717, 1.165) is 23.1 Å². The maximum Gasteiger partial charge on any atom is 0.278 e. The van der Waals surface area contributed by atoms with Crippen molar-refractivity contribution >= 4 is 37.7 Å². The Labute approximate surface area is 172 Å². The molecule has 0 saturated carbocycles. The Kier molecular flexibility index (Phi) is 4.71. The molecule has 4 aromatic rings. The van der Waals surface area contributed by atoms with Gasteiger partial charge in [0.25, 0.3) is 5.91 Å². The number of amides is 1. The minimum absolute atomic E-state index is 0.0364. The fraction of sp³-hybridized carbons (Fsp3) is 0.150. The molecule has 0 atom stereocenters. The maximum absolute atomic E-state index is 12.8. The van der Waals surface area contributed by atoms with Gasteiger partial charge in [0.15, 0.2) is 10.8 Å². The van der Waals surface area contributed by atoms with Crippen LogP contribution in [0.1, 0.15) is 21.6 Å². The summed E-state index contributed by atoms with van der Waals surface area (Å²) in [4.78, 5) is 21.4. The van der Waals surface area contributed by atoms with E-state index in [-0.39, 0.29) is 10.9 Å². The number of rotatable bonds is 4. The molecule has 0 fully saturated rings. The average molecular weight is 427 g/mol. The number of sulfone groups is 1. The van der Waals surface area contributed by atoms with Gasteiger partial charge in [-0.25, -0.2) is 18.4 Å².